The van der Waals surface area contributed by atoms with Gasteiger partial charge in [0.1, 0.15) is 0 Å². The van der Waals surface area contributed by atoms with Gasteiger partial charge in [0.05, 0.1) is 5.60 Å². The first-order chi connectivity index (χ1) is 10.9. The van der Waals surface area contributed by atoms with E-state index >= 15 is 0 Å². The molecule has 0 aromatic rings. The fourth-order valence-electron chi connectivity index (χ4n) is 7.57. The van der Waals surface area contributed by atoms with Gasteiger partial charge in [-0.25, -0.2) is 0 Å². The Bertz CT molecular complexity index is 504. The molecule has 4 aliphatic rings. The van der Waals surface area contributed by atoms with Crippen LogP contribution in [0, 0.1) is 40.9 Å². The SMILES string of the molecule is CC=C1CC[C@H]2[C@@H]3CC[C@H]4C[C@](C)(O)[C@@H](C)C[C@@H]4[C@H]3CC[C@]12C. The van der Waals surface area contributed by atoms with E-state index in [1.165, 1.54) is 44.9 Å². The van der Waals surface area contributed by atoms with E-state index in [2.05, 4.69) is 33.8 Å². The third-order valence-corrected chi connectivity index (χ3v) is 9.08. The van der Waals surface area contributed by atoms with Crippen molar-refractivity contribution in [2.24, 2.45) is 40.9 Å². The third-order valence-electron chi connectivity index (χ3n) is 9.08. The maximum Gasteiger partial charge on any atom is 0.0648 e. The number of rotatable bonds is 0. The van der Waals surface area contributed by atoms with E-state index in [0.717, 1.165) is 36.0 Å². The van der Waals surface area contributed by atoms with Crippen molar-refractivity contribution in [2.45, 2.75) is 84.7 Å². The molecule has 4 rings (SSSR count). The Labute approximate surface area is 142 Å². The quantitative estimate of drug-likeness (QED) is 0.578. The van der Waals surface area contributed by atoms with Crippen LogP contribution in [0.2, 0.25) is 0 Å². The van der Waals surface area contributed by atoms with Gasteiger partial charge >= 0.3 is 0 Å². The van der Waals surface area contributed by atoms with E-state index in [0.29, 0.717) is 11.3 Å². The fourth-order valence-corrected chi connectivity index (χ4v) is 7.57. The van der Waals surface area contributed by atoms with Crippen LogP contribution in [0.3, 0.4) is 0 Å². The summed E-state index contributed by atoms with van der Waals surface area (Å²) in [5.74, 6) is 5.07. The fraction of sp³-hybridized carbons (Fsp3) is 0.909. The molecule has 130 valence electrons. The first-order valence-electron chi connectivity index (χ1n) is 10.2. The molecular weight excluding hydrogens is 280 g/mol. The zero-order valence-electron chi connectivity index (χ0n) is 15.6. The maximum atomic E-state index is 10.7. The maximum absolute atomic E-state index is 10.7. The summed E-state index contributed by atoms with van der Waals surface area (Å²) in [5.41, 5.74) is 1.88. The molecule has 0 saturated heterocycles. The second-order valence-corrected chi connectivity index (χ2v) is 9.94. The highest BCUT2D eigenvalue weighted by molar-refractivity contribution is 5.23. The van der Waals surface area contributed by atoms with Crippen LogP contribution in [0.15, 0.2) is 11.6 Å². The molecule has 0 unspecified atom stereocenters. The summed E-state index contributed by atoms with van der Waals surface area (Å²) in [4.78, 5) is 0. The van der Waals surface area contributed by atoms with Gasteiger partial charge in [0.15, 0.2) is 0 Å². The minimum atomic E-state index is -0.414. The molecule has 4 aliphatic carbocycles. The van der Waals surface area contributed by atoms with Gasteiger partial charge < -0.3 is 5.11 Å². The molecule has 4 saturated carbocycles. The summed E-state index contributed by atoms with van der Waals surface area (Å²) in [6.45, 7) is 9.22. The van der Waals surface area contributed by atoms with Crippen molar-refractivity contribution in [1.82, 2.24) is 0 Å². The van der Waals surface area contributed by atoms with Crippen molar-refractivity contribution in [1.29, 1.82) is 0 Å². The second-order valence-electron chi connectivity index (χ2n) is 9.94. The molecule has 23 heavy (non-hydrogen) atoms. The van der Waals surface area contributed by atoms with Crippen molar-refractivity contribution in [2.75, 3.05) is 0 Å². The van der Waals surface area contributed by atoms with Crippen molar-refractivity contribution in [3.63, 3.8) is 0 Å². The standard InChI is InChI=1S/C22H36O/c1-5-16-7-9-20-18-8-6-15-13-22(4,23)14(2)12-19(15)17(18)10-11-21(16,20)3/h5,14-15,17-20,23H,6-13H2,1-4H3/t14-,15-,17-,18+,19-,20-,21+,22-/m0/s1. The Balaban J connectivity index is 1.58. The predicted molar refractivity (Wildman–Crippen MR) is 96.0 cm³/mol. The summed E-state index contributed by atoms with van der Waals surface area (Å²) in [5, 5.41) is 10.7. The zero-order valence-corrected chi connectivity index (χ0v) is 15.6. The Morgan fingerprint density at radius 1 is 1.04 bits per heavy atom. The predicted octanol–water partition coefficient (Wildman–Crippen LogP) is 5.58. The van der Waals surface area contributed by atoms with Crippen molar-refractivity contribution < 1.29 is 5.11 Å². The molecule has 0 radical (unpaired) electrons. The van der Waals surface area contributed by atoms with Crippen LogP contribution >= 0.6 is 0 Å². The summed E-state index contributed by atoms with van der Waals surface area (Å²) in [6.07, 6.45) is 13.3. The Hall–Kier alpha value is -0.300. The molecule has 0 bridgehead atoms. The van der Waals surface area contributed by atoms with Gasteiger partial charge in [0, 0.05) is 0 Å². The average Bonchev–Trinajstić information content (AvgIpc) is 2.84. The van der Waals surface area contributed by atoms with Crippen molar-refractivity contribution in [3.8, 4) is 0 Å². The first-order valence-corrected chi connectivity index (χ1v) is 10.2. The summed E-state index contributed by atoms with van der Waals surface area (Å²) >= 11 is 0. The van der Waals surface area contributed by atoms with Gasteiger partial charge in [-0.05, 0) is 106 Å². The third kappa shape index (κ3) is 2.29. The van der Waals surface area contributed by atoms with E-state index in [4.69, 9.17) is 0 Å². The first kappa shape index (κ1) is 16.2. The highest BCUT2D eigenvalue weighted by Gasteiger charge is 2.56. The van der Waals surface area contributed by atoms with Crippen LogP contribution in [-0.2, 0) is 0 Å². The van der Waals surface area contributed by atoms with Gasteiger partial charge in [0.2, 0.25) is 0 Å². The average molecular weight is 317 g/mol. The molecule has 0 aromatic carbocycles. The Kier molecular flexibility index (Phi) is 3.76. The van der Waals surface area contributed by atoms with Crippen molar-refractivity contribution >= 4 is 0 Å². The minimum absolute atomic E-state index is 0.414. The molecule has 0 heterocycles. The molecular formula is C22H36O. The number of aliphatic hydroxyl groups is 1. The molecule has 0 spiro atoms. The molecule has 1 nitrogen and oxygen atoms in total. The summed E-state index contributed by atoms with van der Waals surface area (Å²) < 4.78 is 0. The lowest BCUT2D eigenvalue weighted by Crippen LogP contribution is -2.52. The molecule has 0 aliphatic heterocycles. The smallest absolute Gasteiger partial charge is 0.0648 e. The van der Waals surface area contributed by atoms with Crippen LogP contribution < -0.4 is 0 Å². The normalized spacial score (nSPS) is 57.7. The van der Waals surface area contributed by atoms with Gasteiger partial charge in [-0.15, -0.1) is 0 Å². The lowest BCUT2D eigenvalue weighted by molar-refractivity contribution is -0.116. The molecule has 0 aromatic heterocycles. The molecule has 0 amide bonds. The second kappa shape index (κ2) is 5.35. The Morgan fingerprint density at radius 3 is 2.57 bits per heavy atom. The number of allylic oxidation sites excluding steroid dienone is 2. The minimum Gasteiger partial charge on any atom is -0.390 e. The van der Waals surface area contributed by atoms with Crippen LogP contribution in [0.1, 0.15) is 79.1 Å². The van der Waals surface area contributed by atoms with E-state index < -0.39 is 5.60 Å². The van der Waals surface area contributed by atoms with Crippen LogP contribution in [0.25, 0.3) is 0 Å². The number of hydrogen-bond donors (Lipinski definition) is 1. The number of fused-ring (bicyclic) bond motifs is 5. The lowest BCUT2D eigenvalue weighted by Gasteiger charge is -2.57. The van der Waals surface area contributed by atoms with E-state index in [-0.39, 0.29) is 0 Å². The van der Waals surface area contributed by atoms with Gasteiger partial charge in [-0.1, -0.05) is 25.5 Å². The van der Waals surface area contributed by atoms with Gasteiger partial charge in [0.25, 0.3) is 0 Å². The highest BCUT2D eigenvalue weighted by atomic mass is 16.3. The van der Waals surface area contributed by atoms with Crippen LogP contribution in [0.4, 0.5) is 0 Å². The molecule has 8 atom stereocenters. The monoisotopic (exact) mass is 316 g/mol. The summed E-state index contributed by atoms with van der Waals surface area (Å²) in [6, 6.07) is 0. The molecule has 1 heteroatoms. The number of hydrogen-bond acceptors (Lipinski definition) is 1. The molecule has 4 fully saturated rings. The van der Waals surface area contributed by atoms with E-state index in [1.54, 1.807) is 5.57 Å². The summed E-state index contributed by atoms with van der Waals surface area (Å²) in [7, 11) is 0. The van der Waals surface area contributed by atoms with E-state index in [1.807, 2.05) is 0 Å². The van der Waals surface area contributed by atoms with Crippen LogP contribution in [-0.4, -0.2) is 10.7 Å². The largest absolute Gasteiger partial charge is 0.390 e. The van der Waals surface area contributed by atoms with E-state index in [9.17, 15) is 5.11 Å². The van der Waals surface area contributed by atoms with Gasteiger partial charge in [-0.2, -0.15) is 0 Å². The zero-order chi connectivity index (χ0) is 16.4. The topological polar surface area (TPSA) is 20.2 Å². The lowest BCUT2D eigenvalue weighted by atomic mass is 9.48. The molecule has 1 N–H and O–H groups in total. The van der Waals surface area contributed by atoms with Crippen LogP contribution in [0.5, 0.6) is 0 Å². The highest BCUT2D eigenvalue weighted by Crippen LogP contribution is 2.64. The Morgan fingerprint density at radius 2 is 1.83 bits per heavy atom. The van der Waals surface area contributed by atoms with Crippen molar-refractivity contribution in [3.05, 3.63) is 11.6 Å². The van der Waals surface area contributed by atoms with Gasteiger partial charge in [-0.3, -0.25) is 0 Å².